The summed E-state index contributed by atoms with van der Waals surface area (Å²) in [6.07, 6.45) is 2.41. The van der Waals surface area contributed by atoms with Gasteiger partial charge in [-0.05, 0) is 19.3 Å². The molecule has 9 heavy (non-hydrogen) atoms. The van der Waals surface area contributed by atoms with Gasteiger partial charge >= 0.3 is 0 Å². The van der Waals surface area contributed by atoms with Gasteiger partial charge < -0.3 is 0 Å². The third kappa shape index (κ3) is 9.16. The van der Waals surface area contributed by atoms with E-state index in [1.165, 1.54) is 0 Å². The van der Waals surface area contributed by atoms with Crippen LogP contribution in [0.3, 0.4) is 0 Å². The molecule has 0 fully saturated rings. The molecule has 0 saturated carbocycles. The van der Waals surface area contributed by atoms with Gasteiger partial charge in [0.2, 0.25) is 0 Å². The van der Waals surface area contributed by atoms with Gasteiger partial charge in [0.25, 0.3) is 0 Å². The van der Waals surface area contributed by atoms with Crippen molar-refractivity contribution in [1.29, 1.82) is 0 Å². The zero-order valence-corrected chi connectivity index (χ0v) is 7.81. The fourth-order valence-corrected chi connectivity index (χ4v) is 1.04. The van der Waals surface area contributed by atoms with Crippen molar-refractivity contribution in [2.45, 2.75) is 28.9 Å². The second-order valence-electron chi connectivity index (χ2n) is 1.71. The summed E-state index contributed by atoms with van der Waals surface area (Å²) >= 11 is 21.8. The van der Waals surface area contributed by atoms with E-state index in [0.717, 1.165) is 19.3 Å². The molecule has 0 saturated heterocycles. The van der Waals surface area contributed by atoms with Crippen LogP contribution in [-0.4, -0.2) is 9.67 Å². The summed E-state index contributed by atoms with van der Waals surface area (Å²) in [5, 5.41) is 0. The number of rotatable bonds is 4. The van der Waals surface area contributed by atoms with Crippen molar-refractivity contribution < 1.29 is 0 Å². The maximum absolute atomic E-state index is 5.44. The lowest BCUT2D eigenvalue weighted by atomic mass is 10.3. The summed E-state index contributed by atoms with van der Waals surface area (Å²) in [4.78, 5) is -0.561. The van der Waals surface area contributed by atoms with E-state index in [0.29, 0.717) is 0 Å². The Balaban J connectivity index is 2.91. The molecule has 0 atom stereocenters. The molecule has 0 aromatic rings. The van der Waals surface area contributed by atoms with Crippen LogP contribution >= 0.6 is 46.4 Å². The first-order valence-electron chi connectivity index (χ1n) is 2.69. The van der Waals surface area contributed by atoms with Crippen molar-refractivity contribution in [2.75, 3.05) is 0 Å². The Labute approximate surface area is 75.4 Å². The lowest BCUT2D eigenvalue weighted by Crippen LogP contribution is -1.91. The summed E-state index contributed by atoms with van der Waals surface area (Å²) in [6.45, 7) is 0. The SMILES string of the molecule is ClC(Cl)CCCC(Cl)Cl. The Bertz CT molecular complexity index is 54.0. The topological polar surface area (TPSA) is 0 Å². The minimum atomic E-state index is -0.280. The minimum Gasteiger partial charge on any atom is -0.105 e. The Kier molecular flexibility index (Phi) is 6.67. The lowest BCUT2D eigenvalue weighted by Gasteiger charge is -2.00. The van der Waals surface area contributed by atoms with Crippen LogP contribution in [0.15, 0.2) is 0 Å². The average molecular weight is 210 g/mol. The Hall–Kier alpha value is 1.16. The zero-order chi connectivity index (χ0) is 7.28. The van der Waals surface area contributed by atoms with E-state index in [1.807, 2.05) is 0 Å². The molecule has 56 valence electrons. The standard InChI is InChI=1S/C5H8Cl4/c6-4(7)2-1-3-5(8)9/h4-5H,1-3H2. The molecule has 0 unspecified atom stereocenters. The van der Waals surface area contributed by atoms with E-state index >= 15 is 0 Å². The summed E-state index contributed by atoms with van der Waals surface area (Å²) in [5.74, 6) is 0. The van der Waals surface area contributed by atoms with Crippen molar-refractivity contribution >= 4 is 46.4 Å². The van der Waals surface area contributed by atoms with E-state index < -0.39 is 0 Å². The molecular weight excluding hydrogens is 202 g/mol. The first-order chi connectivity index (χ1) is 4.13. The van der Waals surface area contributed by atoms with Crippen LogP contribution in [-0.2, 0) is 0 Å². The van der Waals surface area contributed by atoms with Crippen LogP contribution in [0, 0.1) is 0 Å². The summed E-state index contributed by atoms with van der Waals surface area (Å²) in [6, 6.07) is 0. The molecule has 0 heterocycles. The molecule has 0 N–H and O–H groups in total. The van der Waals surface area contributed by atoms with Gasteiger partial charge in [0.1, 0.15) is 9.67 Å². The second-order valence-corrected chi connectivity index (χ2v) is 4.27. The predicted molar refractivity (Wildman–Crippen MR) is 44.8 cm³/mol. The smallest absolute Gasteiger partial charge is 0.105 e. The van der Waals surface area contributed by atoms with Gasteiger partial charge in [0.15, 0.2) is 0 Å². The van der Waals surface area contributed by atoms with Gasteiger partial charge in [-0.2, -0.15) is 0 Å². The normalized spacial score (nSPS) is 11.3. The first-order valence-corrected chi connectivity index (χ1v) is 4.44. The predicted octanol–water partition coefficient (Wildman–Crippen LogP) is 3.76. The van der Waals surface area contributed by atoms with E-state index in [9.17, 15) is 0 Å². The molecule has 0 spiro atoms. The highest BCUT2D eigenvalue weighted by molar-refractivity contribution is 6.44. The molecule has 0 amide bonds. The van der Waals surface area contributed by atoms with Gasteiger partial charge in [-0.3, -0.25) is 0 Å². The van der Waals surface area contributed by atoms with Gasteiger partial charge in [-0.15, -0.1) is 46.4 Å². The molecule has 0 aromatic heterocycles. The van der Waals surface area contributed by atoms with Crippen LogP contribution in [0.1, 0.15) is 19.3 Å². The Morgan fingerprint density at radius 3 is 1.33 bits per heavy atom. The summed E-state index contributed by atoms with van der Waals surface area (Å²) in [5.41, 5.74) is 0. The highest BCUT2D eigenvalue weighted by Crippen LogP contribution is 2.16. The molecule has 0 nitrogen and oxygen atoms in total. The van der Waals surface area contributed by atoms with Gasteiger partial charge in [0.05, 0.1) is 0 Å². The molecule has 0 aliphatic carbocycles. The molecule has 0 radical (unpaired) electrons. The van der Waals surface area contributed by atoms with Gasteiger partial charge in [0, 0.05) is 0 Å². The van der Waals surface area contributed by atoms with Gasteiger partial charge in [-0.1, -0.05) is 0 Å². The van der Waals surface area contributed by atoms with E-state index in [1.54, 1.807) is 0 Å². The Morgan fingerprint density at radius 2 is 1.11 bits per heavy atom. The number of halogens is 4. The van der Waals surface area contributed by atoms with Crippen molar-refractivity contribution in [1.82, 2.24) is 0 Å². The summed E-state index contributed by atoms with van der Waals surface area (Å²) in [7, 11) is 0. The van der Waals surface area contributed by atoms with Crippen LogP contribution in [0.2, 0.25) is 0 Å². The van der Waals surface area contributed by atoms with Crippen molar-refractivity contribution in [3.8, 4) is 0 Å². The molecular formula is C5H8Cl4. The maximum atomic E-state index is 5.44. The quantitative estimate of drug-likeness (QED) is 0.619. The maximum Gasteiger partial charge on any atom is 0.107 e. The average Bonchev–Trinajstić information content (AvgIpc) is 1.63. The van der Waals surface area contributed by atoms with E-state index in [4.69, 9.17) is 46.4 Å². The van der Waals surface area contributed by atoms with Gasteiger partial charge in [-0.25, -0.2) is 0 Å². The van der Waals surface area contributed by atoms with E-state index in [-0.39, 0.29) is 9.67 Å². The van der Waals surface area contributed by atoms with Crippen molar-refractivity contribution in [2.24, 2.45) is 0 Å². The zero-order valence-electron chi connectivity index (χ0n) is 4.79. The van der Waals surface area contributed by atoms with Crippen molar-refractivity contribution in [3.63, 3.8) is 0 Å². The largest absolute Gasteiger partial charge is 0.107 e. The van der Waals surface area contributed by atoms with Crippen molar-refractivity contribution in [3.05, 3.63) is 0 Å². The third-order valence-corrected chi connectivity index (χ3v) is 1.72. The lowest BCUT2D eigenvalue weighted by molar-refractivity contribution is 0.743. The first kappa shape index (κ1) is 10.2. The van der Waals surface area contributed by atoms with Crippen LogP contribution < -0.4 is 0 Å². The third-order valence-electron chi connectivity index (χ3n) is 0.845. The highest BCUT2D eigenvalue weighted by Gasteiger charge is 2.01. The summed E-state index contributed by atoms with van der Waals surface area (Å²) < 4.78 is 0. The number of hydrogen-bond donors (Lipinski definition) is 0. The Morgan fingerprint density at radius 1 is 0.778 bits per heavy atom. The molecule has 0 aliphatic rings. The molecule has 0 aromatic carbocycles. The highest BCUT2D eigenvalue weighted by atomic mass is 35.5. The monoisotopic (exact) mass is 208 g/mol. The molecule has 4 heteroatoms. The van der Waals surface area contributed by atoms with Crippen LogP contribution in [0.4, 0.5) is 0 Å². The van der Waals surface area contributed by atoms with E-state index in [2.05, 4.69) is 0 Å². The second kappa shape index (κ2) is 5.91. The van der Waals surface area contributed by atoms with Crippen LogP contribution in [0.5, 0.6) is 0 Å². The number of alkyl halides is 4. The molecule has 0 aliphatic heterocycles. The molecule has 0 rings (SSSR count). The molecule has 0 bridgehead atoms. The minimum absolute atomic E-state index is 0.280. The van der Waals surface area contributed by atoms with Crippen LogP contribution in [0.25, 0.3) is 0 Å². The fraction of sp³-hybridized carbons (Fsp3) is 1.00. The number of hydrogen-bond acceptors (Lipinski definition) is 0. The fourth-order valence-electron chi connectivity index (χ4n) is 0.426.